The Morgan fingerprint density at radius 3 is 2.68 bits per heavy atom. The first-order valence-corrected chi connectivity index (χ1v) is 8.39. The lowest BCUT2D eigenvalue weighted by atomic mass is 10.1. The molecule has 1 aromatic carbocycles. The fraction of sp³-hybridized carbons (Fsp3) is 0.316. The highest BCUT2D eigenvalue weighted by molar-refractivity contribution is 6.08. The number of anilines is 2. The summed E-state index contributed by atoms with van der Waals surface area (Å²) in [6, 6.07) is 10.2. The summed E-state index contributed by atoms with van der Waals surface area (Å²) >= 11 is 0. The summed E-state index contributed by atoms with van der Waals surface area (Å²) in [4.78, 5) is 30.9. The van der Waals surface area contributed by atoms with Crippen molar-refractivity contribution in [1.82, 2.24) is 4.98 Å². The predicted molar refractivity (Wildman–Crippen MR) is 96.0 cm³/mol. The molecule has 1 N–H and O–H groups in total. The molecular formula is C19H21N3O3. The quantitative estimate of drug-likeness (QED) is 0.867. The Bertz CT molecular complexity index is 770. The third kappa shape index (κ3) is 3.96. The lowest BCUT2D eigenvalue weighted by molar-refractivity contribution is 0.0600. The highest BCUT2D eigenvalue weighted by atomic mass is 16.5. The molecule has 25 heavy (non-hydrogen) atoms. The van der Waals surface area contributed by atoms with Gasteiger partial charge in [-0.2, -0.15) is 0 Å². The second-order valence-electron chi connectivity index (χ2n) is 5.95. The molecule has 1 fully saturated rings. The Hall–Kier alpha value is -2.89. The van der Waals surface area contributed by atoms with Crippen LogP contribution in [0.3, 0.4) is 0 Å². The maximum Gasteiger partial charge on any atom is 0.337 e. The first-order valence-electron chi connectivity index (χ1n) is 8.39. The zero-order valence-electron chi connectivity index (χ0n) is 14.2. The number of carbonyl (C=O) groups is 2. The van der Waals surface area contributed by atoms with Gasteiger partial charge in [-0.25, -0.2) is 9.78 Å². The largest absolute Gasteiger partial charge is 0.465 e. The molecule has 1 saturated heterocycles. The second-order valence-corrected chi connectivity index (χ2v) is 5.95. The number of esters is 1. The molecule has 130 valence electrons. The van der Waals surface area contributed by atoms with Crippen LogP contribution in [0.25, 0.3) is 0 Å². The van der Waals surface area contributed by atoms with Crippen LogP contribution in [0.2, 0.25) is 0 Å². The Morgan fingerprint density at radius 2 is 1.92 bits per heavy atom. The van der Waals surface area contributed by atoms with Gasteiger partial charge in [0.15, 0.2) is 0 Å². The first-order chi connectivity index (χ1) is 12.2. The molecule has 3 rings (SSSR count). The van der Waals surface area contributed by atoms with Crippen molar-refractivity contribution in [3.63, 3.8) is 0 Å². The summed E-state index contributed by atoms with van der Waals surface area (Å²) in [5, 5.41) is 2.84. The maximum absolute atomic E-state index is 12.7. The Balaban J connectivity index is 1.81. The van der Waals surface area contributed by atoms with Crippen molar-refractivity contribution in [3.05, 3.63) is 53.7 Å². The zero-order chi connectivity index (χ0) is 17.6. The van der Waals surface area contributed by atoms with Crippen molar-refractivity contribution < 1.29 is 14.3 Å². The highest BCUT2D eigenvalue weighted by Gasteiger charge is 2.20. The number of nitrogens with one attached hydrogen (secondary N) is 1. The molecule has 0 atom stereocenters. The lowest BCUT2D eigenvalue weighted by Gasteiger charge is -2.29. The Kier molecular flexibility index (Phi) is 5.28. The third-order valence-corrected chi connectivity index (χ3v) is 4.23. The van der Waals surface area contributed by atoms with Crippen LogP contribution in [-0.2, 0) is 4.74 Å². The van der Waals surface area contributed by atoms with Crippen molar-refractivity contribution in [3.8, 4) is 0 Å². The van der Waals surface area contributed by atoms with Crippen LogP contribution < -0.4 is 10.2 Å². The molecule has 2 aromatic rings. The molecular weight excluding hydrogens is 318 g/mol. The number of rotatable bonds is 4. The van der Waals surface area contributed by atoms with Gasteiger partial charge in [-0.05, 0) is 49.6 Å². The van der Waals surface area contributed by atoms with Gasteiger partial charge in [-0.1, -0.05) is 6.07 Å². The topological polar surface area (TPSA) is 71.5 Å². The number of pyridine rings is 1. The molecule has 1 aliphatic heterocycles. The van der Waals surface area contributed by atoms with Gasteiger partial charge in [0.25, 0.3) is 5.91 Å². The number of aromatic nitrogens is 1. The van der Waals surface area contributed by atoms with E-state index in [0.717, 1.165) is 25.9 Å². The van der Waals surface area contributed by atoms with Gasteiger partial charge in [-0.3, -0.25) is 4.79 Å². The molecule has 6 heteroatoms. The van der Waals surface area contributed by atoms with E-state index in [-0.39, 0.29) is 5.91 Å². The minimum absolute atomic E-state index is 0.240. The van der Waals surface area contributed by atoms with Gasteiger partial charge in [0.05, 0.1) is 18.2 Å². The number of ether oxygens (including phenoxy) is 1. The fourth-order valence-corrected chi connectivity index (χ4v) is 2.97. The normalized spacial score (nSPS) is 14.0. The Labute approximate surface area is 146 Å². The first kappa shape index (κ1) is 17.0. The molecule has 0 radical (unpaired) electrons. The SMILES string of the molecule is COC(=O)c1cccc(NC(=O)c2cccnc2N2CCCCC2)c1. The van der Waals surface area contributed by atoms with Gasteiger partial charge >= 0.3 is 5.97 Å². The smallest absolute Gasteiger partial charge is 0.337 e. The van der Waals surface area contributed by atoms with Crippen LogP contribution in [-0.4, -0.2) is 37.1 Å². The summed E-state index contributed by atoms with van der Waals surface area (Å²) in [5.74, 6) is 0.0333. The summed E-state index contributed by atoms with van der Waals surface area (Å²) in [5.41, 5.74) is 1.47. The maximum atomic E-state index is 12.7. The summed E-state index contributed by atoms with van der Waals surface area (Å²) in [7, 11) is 1.33. The van der Waals surface area contributed by atoms with Crippen LogP contribution >= 0.6 is 0 Å². The van der Waals surface area contributed by atoms with Gasteiger partial charge in [0.2, 0.25) is 0 Å². The van der Waals surface area contributed by atoms with Crippen LogP contribution in [0, 0.1) is 0 Å². The van der Waals surface area contributed by atoms with E-state index < -0.39 is 5.97 Å². The van der Waals surface area contributed by atoms with Crippen molar-refractivity contribution in [1.29, 1.82) is 0 Å². The number of piperidine rings is 1. The third-order valence-electron chi connectivity index (χ3n) is 4.23. The van der Waals surface area contributed by atoms with Crippen LogP contribution in [0.1, 0.15) is 40.0 Å². The van der Waals surface area contributed by atoms with Crippen LogP contribution in [0.5, 0.6) is 0 Å². The molecule has 0 bridgehead atoms. The molecule has 2 heterocycles. The number of hydrogen-bond donors (Lipinski definition) is 1. The molecule has 1 aromatic heterocycles. The average Bonchev–Trinajstić information content (AvgIpc) is 2.68. The number of carbonyl (C=O) groups excluding carboxylic acids is 2. The number of benzene rings is 1. The molecule has 0 saturated carbocycles. The second kappa shape index (κ2) is 7.79. The van der Waals surface area contributed by atoms with E-state index >= 15 is 0 Å². The number of methoxy groups -OCH3 is 1. The van der Waals surface area contributed by atoms with Gasteiger partial charge < -0.3 is 15.0 Å². The van der Waals surface area contributed by atoms with E-state index in [0.29, 0.717) is 22.6 Å². The standard InChI is InChI=1S/C19H21N3O3/c1-25-19(24)14-7-5-8-15(13-14)21-18(23)16-9-6-10-20-17(16)22-11-3-2-4-12-22/h5-10,13H,2-4,11-12H2,1H3,(H,21,23). The summed E-state index contributed by atoms with van der Waals surface area (Å²) < 4.78 is 4.71. The van der Waals surface area contributed by atoms with E-state index in [1.807, 2.05) is 0 Å². The van der Waals surface area contributed by atoms with E-state index in [2.05, 4.69) is 15.2 Å². The zero-order valence-corrected chi connectivity index (χ0v) is 14.2. The van der Waals surface area contributed by atoms with E-state index in [1.54, 1.807) is 42.6 Å². The minimum atomic E-state index is -0.438. The molecule has 0 spiro atoms. The van der Waals surface area contributed by atoms with Gasteiger partial charge in [0.1, 0.15) is 5.82 Å². The fourth-order valence-electron chi connectivity index (χ4n) is 2.97. The monoisotopic (exact) mass is 339 g/mol. The molecule has 0 unspecified atom stereocenters. The highest BCUT2D eigenvalue weighted by Crippen LogP contribution is 2.23. The minimum Gasteiger partial charge on any atom is -0.465 e. The van der Waals surface area contributed by atoms with Crippen molar-refractivity contribution >= 4 is 23.4 Å². The van der Waals surface area contributed by atoms with Gasteiger partial charge in [0, 0.05) is 25.0 Å². The molecule has 0 aliphatic carbocycles. The average molecular weight is 339 g/mol. The Morgan fingerprint density at radius 1 is 1.12 bits per heavy atom. The van der Waals surface area contributed by atoms with Crippen molar-refractivity contribution in [2.45, 2.75) is 19.3 Å². The summed E-state index contributed by atoms with van der Waals surface area (Å²) in [6.07, 6.45) is 5.14. The summed E-state index contributed by atoms with van der Waals surface area (Å²) in [6.45, 7) is 1.82. The van der Waals surface area contributed by atoms with Crippen molar-refractivity contribution in [2.24, 2.45) is 0 Å². The van der Waals surface area contributed by atoms with Gasteiger partial charge in [-0.15, -0.1) is 0 Å². The van der Waals surface area contributed by atoms with E-state index in [4.69, 9.17) is 4.74 Å². The van der Waals surface area contributed by atoms with Crippen molar-refractivity contribution in [2.75, 3.05) is 30.4 Å². The molecule has 1 amide bonds. The molecule has 6 nitrogen and oxygen atoms in total. The number of hydrogen-bond acceptors (Lipinski definition) is 5. The predicted octanol–water partition coefficient (Wildman–Crippen LogP) is 3.11. The van der Waals surface area contributed by atoms with Crippen LogP contribution in [0.15, 0.2) is 42.6 Å². The van der Waals surface area contributed by atoms with Crippen LogP contribution in [0.4, 0.5) is 11.5 Å². The number of nitrogens with zero attached hydrogens (tertiary/aromatic N) is 2. The lowest BCUT2D eigenvalue weighted by Crippen LogP contribution is -2.32. The molecule has 1 aliphatic rings. The van der Waals surface area contributed by atoms with E-state index in [9.17, 15) is 9.59 Å². The number of amides is 1. The van der Waals surface area contributed by atoms with E-state index in [1.165, 1.54) is 13.5 Å².